The number of hydrogen-bond donors (Lipinski definition) is 2. The molecule has 0 amide bonds. The highest BCUT2D eigenvalue weighted by Crippen LogP contribution is 2.10. The molecule has 0 spiro atoms. The third-order valence-electron chi connectivity index (χ3n) is 1.93. The van der Waals surface area contributed by atoms with Gasteiger partial charge in [-0.15, -0.1) is 0 Å². The van der Waals surface area contributed by atoms with Crippen LogP contribution >= 0.6 is 23.2 Å². The van der Waals surface area contributed by atoms with E-state index in [1.54, 1.807) is 0 Å². The number of aliphatic hydroxyl groups is 1. The average molecular weight is 246 g/mol. The fourth-order valence-electron chi connectivity index (χ4n) is 1.16. The molecular weight excluding hydrogens is 233 g/mol. The summed E-state index contributed by atoms with van der Waals surface area (Å²) < 4.78 is 0. The molecule has 0 radical (unpaired) electrons. The van der Waals surface area contributed by atoms with Gasteiger partial charge in [-0.2, -0.15) is 0 Å². The number of halogens is 2. The minimum absolute atomic E-state index is 0.449. The summed E-state index contributed by atoms with van der Waals surface area (Å²) in [5.41, 5.74) is 2.19. The Bertz CT molecular complexity index is 314. The lowest BCUT2D eigenvalue weighted by molar-refractivity contribution is 0.176. The minimum Gasteiger partial charge on any atom is -0.387 e. The van der Waals surface area contributed by atoms with Gasteiger partial charge in [0.05, 0.1) is 6.10 Å². The molecule has 1 unspecified atom stereocenters. The summed E-state index contributed by atoms with van der Waals surface area (Å²) in [4.78, 5) is 0. The van der Waals surface area contributed by atoms with E-state index in [2.05, 4.69) is 5.32 Å². The van der Waals surface area contributed by atoms with E-state index in [1.165, 1.54) is 5.54 Å². The van der Waals surface area contributed by atoms with E-state index < -0.39 is 6.10 Å². The van der Waals surface area contributed by atoms with E-state index in [0.29, 0.717) is 18.1 Å². The van der Waals surface area contributed by atoms with E-state index in [-0.39, 0.29) is 0 Å². The Morgan fingerprint density at radius 3 is 2.67 bits per heavy atom. The first-order chi connectivity index (χ1) is 7.24. The Labute approximate surface area is 99.5 Å². The zero-order valence-electron chi connectivity index (χ0n) is 8.16. The van der Waals surface area contributed by atoms with Crippen LogP contribution in [0.4, 0.5) is 0 Å². The van der Waals surface area contributed by atoms with Gasteiger partial charge in [-0.25, -0.2) is 0 Å². The van der Waals surface area contributed by atoms with Crippen LogP contribution in [0, 0.1) is 0 Å². The molecule has 2 nitrogen and oxygen atoms in total. The van der Waals surface area contributed by atoms with Crippen LogP contribution in [0.1, 0.15) is 11.7 Å². The topological polar surface area (TPSA) is 32.3 Å². The van der Waals surface area contributed by atoms with E-state index in [0.717, 1.165) is 5.56 Å². The molecule has 0 aliphatic heterocycles. The third kappa shape index (κ3) is 4.67. The molecule has 0 aromatic heterocycles. The molecule has 0 saturated heterocycles. The van der Waals surface area contributed by atoms with Gasteiger partial charge in [0, 0.05) is 23.7 Å². The Morgan fingerprint density at radius 2 is 2.07 bits per heavy atom. The van der Waals surface area contributed by atoms with Gasteiger partial charge in [0.2, 0.25) is 0 Å². The second kappa shape index (κ2) is 6.85. The normalized spacial score (nSPS) is 13.9. The highest BCUT2D eigenvalue weighted by atomic mass is 35.5. The molecule has 0 heterocycles. The van der Waals surface area contributed by atoms with E-state index >= 15 is 0 Å². The van der Waals surface area contributed by atoms with Crippen LogP contribution in [0.3, 0.4) is 0 Å². The first kappa shape index (κ1) is 12.5. The number of hydrogen-bond acceptors (Lipinski definition) is 2. The van der Waals surface area contributed by atoms with E-state index in [9.17, 15) is 5.11 Å². The molecule has 0 saturated carbocycles. The molecule has 1 rings (SSSR count). The van der Waals surface area contributed by atoms with Gasteiger partial charge in [-0.05, 0) is 5.56 Å². The summed E-state index contributed by atoms with van der Waals surface area (Å²) in [6, 6.07) is 9.46. The zero-order chi connectivity index (χ0) is 11.1. The highest BCUT2D eigenvalue weighted by molar-refractivity contribution is 6.36. The van der Waals surface area contributed by atoms with Crippen molar-refractivity contribution in [2.45, 2.75) is 6.10 Å². The first-order valence-corrected chi connectivity index (χ1v) is 5.44. The Morgan fingerprint density at radius 1 is 1.40 bits per heavy atom. The fraction of sp³-hybridized carbons (Fsp3) is 0.273. The monoisotopic (exact) mass is 245 g/mol. The molecule has 0 aliphatic carbocycles. The van der Waals surface area contributed by atoms with Crippen molar-refractivity contribution in [3.05, 3.63) is 46.5 Å². The lowest BCUT2D eigenvalue weighted by Gasteiger charge is -2.11. The number of rotatable bonds is 5. The molecule has 4 heteroatoms. The Balaban J connectivity index is 2.34. The zero-order valence-corrected chi connectivity index (χ0v) is 9.67. The second-order valence-electron chi connectivity index (χ2n) is 3.11. The van der Waals surface area contributed by atoms with Gasteiger partial charge in [0.25, 0.3) is 0 Å². The van der Waals surface area contributed by atoms with Gasteiger partial charge < -0.3 is 10.4 Å². The average Bonchev–Trinajstić information content (AvgIpc) is 2.29. The van der Waals surface area contributed by atoms with E-state index in [4.69, 9.17) is 23.2 Å². The quantitative estimate of drug-likeness (QED) is 0.837. The molecule has 2 N–H and O–H groups in total. The summed E-state index contributed by atoms with van der Waals surface area (Å²) in [6.45, 7) is 0.917. The number of benzene rings is 1. The predicted molar refractivity (Wildman–Crippen MR) is 64.1 cm³/mol. The molecule has 1 aromatic carbocycles. The van der Waals surface area contributed by atoms with Gasteiger partial charge in [0.1, 0.15) is 0 Å². The minimum atomic E-state index is -0.522. The van der Waals surface area contributed by atoms with Crippen LogP contribution in [-0.2, 0) is 0 Å². The summed E-state index contributed by atoms with van der Waals surface area (Å²) in [5, 5.41) is 13.3. The highest BCUT2D eigenvalue weighted by Gasteiger charge is 2.05. The Kier molecular flexibility index (Phi) is 5.73. The summed E-state index contributed by atoms with van der Waals surface area (Å²) in [6.07, 6.45) is -0.522. The van der Waals surface area contributed by atoms with Crippen molar-refractivity contribution in [2.24, 2.45) is 0 Å². The maximum Gasteiger partial charge on any atom is 0.0914 e. The smallest absolute Gasteiger partial charge is 0.0914 e. The van der Waals surface area contributed by atoms with Crippen LogP contribution < -0.4 is 5.32 Å². The summed E-state index contributed by atoms with van der Waals surface area (Å²) in [5.74, 6) is 0. The summed E-state index contributed by atoms with van der Waals surface area (Å²) >= 11 is 11.1. The molecule has 0 bridgehead atoms. The van der Waals surface area contributed by atoms with Crippen molar-refractivity contribution in [1.82, 2.24) is 5.32 Å². The van der Waals surface area contributed by atoms with Crippen LogP contribution in [0.5, 0.6) is 0 Å². The van der Waals surface area contributed by atoms with Crippen molar-refractivity contribution in [1.29, 1.82) is 0 Å². The van der Waals surface area contributed by atoms with Gasteiger partial charge in [-0.3, -0.25) is 0 Å². The number of aliphatic hydroxyl groups excluding tert-OH is 1. The second-order valence-corrected chi connectivity index (χ2v) is 3.82. The van der Waals surface area contributed by atoms with Gasteiger partial charge in [-0.1, -0.05) is 53.5 Å². The largest absolute Gasteiger partial charge is 0.387 e. The molecule has 0 fully saturated rings. The SMILES string of the molecule is OC(CNCC(Cl)=CCl)c1ccccc1. The molecular formula is C11H13Cl2NO. The van der Waals surface area contributed by atoms with Crippen LogP contribution in [0.25, 0.3) is 0 Å². The lowest BCUT2D eigenvalue weighted by atomic mass is 10.1. The van der Waals surface area contributed by atoms with Crippen LogP contribution in [0.15, 0.2) is 40.9 Å². The fourth-order valence-corrected chi connectivity index (χ4v) is 1.33. The van der Waals surface area contributed by atoms with E-state index in [1.807, 2.05) is 30.3 Å². The Hall–Kier alpha value is -0.540. The molecule has 15 heavy (non-hydrogen) atoms. The van der Waals surface area contributed by atoms with Crippen LogP contribution in [-0.4, -0.2) is 18.2 Å². The van der Waals surface area contributed by atoms with Gasteiger partial charge >= 0.3 is 0 Å². The maximum absolute atomic E-state index is 9.75. The van der Waals surface area contributed by atoms with Crippen LogP contribution in [0.2, 0.25) is 0 Å². The van der Waals surface area contributed by atoms with Gasteiger partial charge in [0.15, 0.2) is 0 Å². The third-order valence-corrected chi connectivity index (χ3v) is 2.55. The summed E-state index contributed by atoms with van der Waals surface area (Å²) in [7, 11) is 0. The van der Waals surface area contributed by atoms with Crippen molar-refractivity contribution in [3.8, 4) is 0 Å². The molecule has 0 aliphatic rings. The first-order valence-electron chi connectivity index (χ1n) is 4.62. The molecule has 1 atom stereocenters. The lowest BCUT2D eigenvalue weighted by Crippen LogP contribution is -2.22. The maximum atomic E-state index is 9.75. The van der Waals surface area contributed by atoms with Crippen molar-refractivity contribution >= 4 is 23.2 Å². The molecule has 1 aromatic rings. The molecule has 82 valence electrons. The predicted octanol–water partition coefficient (Wildman–Crippen LogP) is 2.63. The van der Waals surface area contributed by atoms with Crippen molar-refractivity contribution in [3.63, 3.8) is 0 Å². The number of nitrogens with one attached hydrogen (secondary N) is 1. The van der Waals surface area contributed by atoms with Crippen molar-refractivity contribution < 1.29 is 5.11 Å². The van der Waals surface area contributed by atoms with Crippen molar-refractivity contribution in [2.75, 3.05) is 13.1 Å². The standard InChI is InChI=1S/C11H13Cl2NO/c12-6-10(13)7-14-8-11(15)9-4-2-1-3-5-9/h1-6,11,14-15H,7-8H2.